The Morgan fingerprint density at radius 3 is 2.85 bits per heavy atom. The molecule has 8 nitrogen and oxygen atoms in total. The molecule has 1 aromatic carbocycles. The van der Waals surface area contributed by atoms with Gasteiger partial charge in [-0.05, 0) is 44.5 Å². The number of benzene rings is 1. The molecule has 1 aromatic heterocycles. The van der Waals surface area contributed by atoms with E-state index in [1.54, 1.807) is 42.4 Å². The van der Waals surface area contributed by atoms with Crippen molar-refractivity contribution >= 4 is 24.0 Å². The number of hydrogen-bond donors (Lipinski definition) is 1. The minimum atomic E-state index is -0.455. The molecule has 2 heterocycles. The lowest BCUT2D eigenvalue weighted by Gasteiger charge is -2.26. The van der Waals surface area contributed by atoms with E-state index in [0.29, 0.717) is 5.69 Å². The first kappa shape index (κ1) is 19.9. The number of nitrogens with one attached hydrogen (secondary N) is 1. The molecule has 0 radical (unpaired) electrons. The van der Waals surface area contributed by atoms with Gasteiger partial charge in [0.15, 0.2) is 5.69 Å². The van der Waals surface area contributed by atoms with Gasteiger partial charge in [0, 0.05) is 25.4 Å². The molecule has 1 N–H and O–H groups in total. The Labute approximate surface area is 157 Å². The quantitative estimate of drug-likeness (QED) is 0.650. The van der Waals surface area contributed by atoms with Gasteiger partial charge >= 0.3 is 0 Å². The molecule has 1 amide bonds. The summed E-state index contributed by atoms with van der Waals surface area (Å²) in [5.74, 6) is -0.163. The van der Waals surface area contributed by atoms with Gasteiger partial charge in [-0.25, -0.2) is 4.68 Å². The van der Waals surface area contributed by atoms with E-state index in [1.807, 2.05) is 0 Å². The van der Waals surface area contributed by atoms with Crippen molar-refractivity contribution in [2.45, 2.75) is 25.3 Å². The largest absolute Gasteiger partial charge is 0.337 e. The Bertz CT molecular complexity index is 771. The lowest BCUT2D eigenvalue weighted by atomic mass is 10.1. The highest BCUT2D eigenvalue weighted by molar-refractivity contribution is 5.92. The van der Waals surface area contributed by atoms with E-state index in [4.69, 9.17) is 0 Å². The molecule has 3 rings (SSSR count). The first-order valence-electron chi connectivity index (χ1n) is 8.35. The molecule has 9 heteroatoms. The zero-order chi connectivity index (χ0) is 17.8. The summed E-state index contributed by atoms with van der Waals surface area (Å²) < 4.78 is 1.38. The highest BCUT2D eigenvalue weighted by Gasteiger charge is 2.24. The maximum Gasteiger partial charge on any atom is 0.294 e. The number of carbonyl (C=O) groups is 1. The van der Waals surface area contributed by atoms with Crippen molar-refractivity contribution in [1.82, 2.24) is 20.0 Å². The lowest BCUT2D eigenvalue weighted by Crippen LogP contribution is -2.37. The van der Waals surface area contributed by atoms with Crippen molar-refractivity contribution < 1.29 is 9.72 Å². The minimum Gasteiger partial charge on any atom is -0.337 e. The Balaban J connectivity index is 0.00000243. The van der Waals surface area contributed by atoms with E-state index in [9.17, 15) is 14.9 Å². The summed E-state index contributed by atoms with van der Waals surface area (Å²) in [6, 6.07) is 8.12. The van der Waals surface area contributed by atoms with E-state index in [2.05, 4.69) is 10.4 Å². The molecule has 140 valence electrons. The second-order valence-corrected chi connectivity index (χ2v) is 6.14. The molecular formula is C17H22ClN5O3. The second-order valence-electron chi connectivity index (χ2n) is 6.14. The molecule has 1 aliphatic rings. The number of nitro benzene ring substituents is 1. The van der Waals surface area contributed by atoms with Crippen molar-refractivity contribution in [3.63, 3.8) is 0 Å². The second kappa shape index (κ2) is 8.77. The summed E-state index contributed by atoms with van der Waals surface area (Å²) in [7, 11) is 1.79. The Morgan fingerprint density at radius 1 is 1.31 bits per heavy atom. The molecule has 0 saturated carbocycles. The topological polar surface area (TPSA) is 93.3 Å². The fraction of sp³-hybridized carbons (Fsp3) is 0.412. The summed E-state index contributed by atoms with van der Waals surface area (Å²) in [6.07, 6.45) is 4.48. The standard InChI is InChI=1S/C17H21N5O3.ClH/c1-20(13-5-4-10-18-11-8-13)17(23)14-9-12-21(19-14)15-6-2-3-7-16(15)22(24)25;/h2-3,6-7,9,12-13,18H,4-5,8,10-11H2,1H3;1H. The molecule has 1 saturated heterocycles. The number of carbonyl (C=O) groups excluding carboxylic acids is 1. The average molecular weight is 380 g/mol. The van der Waals surface area contributed by atoms with E-state index >= 15 is 0 Å². The summed E-state index contributed by atoms with van der Waals surface area (Å²) in [6.45, 7) is 1.87. The van der Waals surface area contributed by atoms with Crippen LogP contribution in [0.4, 0.5) is 5.69 Å². The number of aromatic nitrogens is 2. The fourth-order valence-corrected chi connectivity index (χ4v) is 3.12. The monoisotopic (exact) mass is 379 g/mol. The highest BCUT2D eigenvalue weighted by atomic mass is 35.5. The summed E-state index contributed by atoms with van der Waals surface area (Å²) in [5, 5.41) is 18.8. The van der Waals surface area contributed by atoms with Crippen molar-refractivity contribution in [2.24, 2.45) is 0 Å². The van der Waals surface area contributed by atoms with Gasteiger partial charge in [0.1, 0.15) is 5.69 Å². The highest BCUT2D eigenvalue weighted by Crippen LogP contribution is 2.22. The Morgan fingerprint density at radius 2 is 2.08 bits per heavy atom. The van der Waals surface area contributed by atoms with Gasteiger partial charge in [0.05, 0.1) is 4.92 Å². The number of hydrogen-bond acceptors (Lipinski definition) is 5. The lowest BCUT2D eigenvalue weighted by molar-refractivity contribution is -0.384. The molecule has 26 heavy (non-hydrogen) atoms. The molecule has 0 bridgehead atoms. The van der Waals surface area contributed by atoms with Gasteiger partial charge in [-0.15, -0.1) is 12.4 Å². The molecule has 0 aliphatic carbocycles. The van der Waals surface area contributed by atoms with E-state index < -0.39 is 4.92 Å². The van der Waals surface area contributed by atoms with Gasteiger partial charge in [0.2, 0.25) is 0 Å². The van der Waals surface area contributed by atoms with E-state index in [-0.39, 0.29) is 35.7 Å². The van der Waals surface area contributed by atoms with Crippen LogP contribution in [0.2, 0.25) is 0 Å². The van der Waals surface area contributed by atoms with Gasteiger partial charge in [-0.2, -0.15) is 5.10 Å². The molecule has 2 aromatic rings. The van der Waals surface area contributed by atoms with Crippen LogP contribution in [0.3, 0.4) is 0 Å². The number of halogens is 1. The maximum atomic E-state index is 12.7. The van der Waals surface area contributed by atoms with Gasteiger partial charge in [0.25, 0.3) is 11.6 Å². The number of nitro groups is 1. The third-order valence-electron chi connectivity index (χ3n) is 4.55. The number of para-hydroxylation sites is 2. The Kier molecular flexibility index (Phi) is 6.70. The van der Waals surface area contributed by atoms with Gasteiger partial charge in [-0.1, -0.05) is 12.1 Å². The molecule has 1 aliphatic heterocycles. The zero-order valence-corrected chi connectivity index (χ0v) is 15.3. The van der Waals surface area contributed by atoms with Crippen LogP contribution in [0.5, 0.6) is 0 Å². The van der Waals surface area contributed by atoms with Crippen LogP contribution < -0.4 is 5.32 Å². The maximum absolute atomic E-state index is 12.7. The van der Waals surface area contributed by atoms with Gasteiger partial charge in [-0.3, -0.25) is 14.9 Å². The zero-order valence-electron chi connectivity index (χ0n) is 14.5. The normalized spacial score (nSPS) is 17.0. The molecule has 1 atom stereocenters. The first-order chi connectivity index (χ1) is 12.1. The third kappa shape index (κ3) is 4.20. The molecular weight excluding hydrogens is 358 g/mol. The molecule has 1 fully saturated rings. The SMILES string of the molecule is CN(C(=O)c1ccn(-c2ccccc2[N+](=O)[O-])n1)C1CCCNCC1.Cl. The van der Waals surface area contributed by atoms with E-state index in [0.717, 1.165) is 32.4 Å². The average Bonchev–Trinajstić information content (AvgIpc) is 2.95. The number of rotatable bonds is 4. The van der Waals surface area contributed by atoms with Crippen molar-refractivity contribution in [2.75, 3.05) is 20.1 Å². The van der Waals surface area contributed by atoms with Crippen LogP contribution in [0.25, 0.3) is 5.69 Å². The Hall–Kier alpha value is -2.45. The first-order valence-corrected chi connectivity index (χ1v) is 8.35. The van der Waals surface area contributed by atoms with Crippen molar-refractivity contribution in [3.05, 3.63) is 52.3 Å². The predicted molar refractivity (Wildman–Crippen MR) is 100 cm³/mol. The number of amides is 1. The van der Waals surface area contributed by atoms with E-state index in [1.165, 1.54) is 10.7 Å². The smallest absolute Gasteiger partial charge is 0.294 e. The molecule has 0 spiro atoms. The van der Waals surface area contributed by atoms with Crippen LogP contribution in [-0.2, 0) is 0 Å². The summed E-state index contributed by atoms with van der Waals surface area (Å²) >= 11 is 0. The van der Waals surface area contributed by atoms with Crippen LogP contribution in [0.1, 0.15) is 29.8 Å². The van der Waals surface area contributed by atoms with Crippen molar-refractivity contribution in [1.29, 1.82) is 0 Å². The van der Waals surface area contributed by atoms with Crippen molar-refractivity contribution in [3.8, 4) is 5.69 Å². The third-order valence-corrected chi connectivity index (χ3v) is 4.55. The molecule has 1 unspecified atom stereocenters. The summed E-state index contributed by atoms with van der Waals surface area (Å²) in [5.41, 5.74) is 0.582. The van der Waals surface area contributed by atoms with Crippen LogP contribution in [0.15, 0.2) is 36.5 Å². The van der Waals surface area contributed by atoms with Crippen LogP contribution in [-0.4, -0.2) is 51.7 Å². The number of nitrogens with zero attached hydrogens (tertiary/aromatic N) is 4. The summed E-state index contributed by atoms with van der Waals surface area (Å²) in [4.78, 5) is 25.2. The van der Waals surface area contributed by atoms with Crippen LogP contribution >= 0.6 is 12.4 Å². The van der Waals surface area contributed by atoms with Gasteiger partial charge < -0.3 is 10.2 Å². The predicted octanol–water partition coefficient (Wildman–Crippen LogP) is 2.42. The minimum absolute atomic E-state index is 0. The van der Waals surface area contributed by atoms with Crippen LogP contribution in [0, 0.1) is 10.1 Å². The fourth-order valence-electron chi connectivity index (χ4n) is 3.12.